The number of furan rings is 1. The van der Waals surface area contributed by atoms with E-state index in [1.165, 1.54) is 0 Å². The van der Waals surface area contributed by atoms with E-state index in [0.717, 1.165) is 16.9 Å². The van der Waals surface area contributed by atoms with Gasteiger partial charge < -0.3 is 4.42 Å². The first kappa shape index (κ1) is 12.1. The van der Waals surface area contributed by atoms with Crippen LogP contribution in [0.25, 0.3) is 0 Å². The number of aryl methyl sites for hydroxylation is 1. The van der Waals surface area contributed by atoms with Crippen LogP contribution in [0.4, 0.5) is 0 Å². The Morgan fingerprint density at radius 1 is 1.59 bits per heavy atom. The van der Waals surface area contributed by atoms with Crippen molar-refractivity contribution in [2.75, 3.05) is 0 Å². The Hall–Kier alpha value is -1.36. The van der Waals surface area contributed by atoms with Crippen LogP contribution in [0.5, 0.6) is 0 Å². The number of halogens is 1. The molecule has 3 N–H and O–H groups in total. The Labute approximate surface area is 105 Å². The van der Waals surface area contributed by atoms with E-state index >= 15 is 0 Å². The minimum absolute atomic E-state index is 0.0210. The number of nitrogens with one attached hydrogen (secondary N) is 1. The van der Waals surface area contributed by atoms with Crippen molar-refractivity contribution in [2.24, 2.45) is 5.84 Å². The quantitative estimate of drug-likeness (QED) is 0.647. The number of hydrogen-bond donors (Lipinski definition) is 2. The Morgan fingerprint density at radius 2 is 2.41 bits per heavy atom. The van der Waals surface area contributed by atoms with Crippen molar-refractivity contribution in [2.45, 2.75) is 19.4 Å². The number of hydrazine groups is 1. The third-order valence-electron chi connectivity index (χ3n) is 2.63. The molecule has 0 bridgehead atoms. The highest BCUT2D eigenvalue weighted by molar-refractivity contribution is 6.31. The molecule has 2 rings (SSSR count). The molecule has 0 saturated heterocycles. The van der Waals surface area contributed by atoms with Gasteiger partial charge >= 0.3 is 0 Å². The van der Waals surface area contributed by atoms with Crippen molar-refractivity contribution in [1.29, 1.82) is 0 Å². The molecule has 0 amide bonds. The SMILES string of the molecule is Cc1cc(C(Cc2ccncc2Cl)NN)co1. The molecule has 0 aliphatic rings. The monoisotopic (exact) mass is 251 g/mol. The first-order valence-corrected chi connectivity index (χ1v) is 5.68. The van der Waals surface area contributed by atoms with Crippen molar-refractivity contribution in [3.63, 3.8) is 0 Å². The van der Waals surface area contributed by atoms with Crippen LogP contribution >= 0.6 is 11.6 Å². The Morgan fingerprint density at radius 3 is 3.00 bits per heavy atom. The number of nitrogens with two attached hydrogens (primary N) is 1. The van der Waals surface area contributed by atoms with Gasteiger partial charge in [0.05, 0.1) is 17.3 Å². The minimum atomic E-state index is -0.0210. The van der Waals surface area contributed by atoms with Crippen LogP contribution < -0.4 is 11.3 Å². The molecule has 1 unspecified atom stereocenters. The molecule has 2 heterocycles. The smallest absolute Gasteiger partial charge is 0.101 e. The van der Waals surface area contributed by atoms with Crippen molar-refractivity contribution < 1.29 is 4.42 Å². The Bertz CT molecular complexity index is 498. The zero-order chi connectivity index (χ0) is 12.3. The summed E-state index contributed by atoms with van der Waals surface area (Å²) in [5, 5.41) is 0.646. The van der Waals surface area contributed by atoms with Gasteiger partial charge in [-0.1, -0.05) is 11.6 Å². The first-order valence-electron chi connectivity index (χ1n) is 5.30. The van der Waals surface area contributed by atoms with Crippen molar-refractivity contribution in [3.05, 3.63) is 52.7 Å². The van der Waals surface area contributed by atoms with E-state index in [0.29, 0.717) is 11.4 Å². The lowest BCUT2D eigenvalue weighted by Gasteiger charge is -2.14. The topological polar surface area (TPSA) is 64.1 Å². The van der Waals surface area contributed by atoms with Gasteiger partial charge in [0.1, 0.15) is 5.76 Å². The highest BCUT2D eigenvalue weighted by Gasteiger charge is 2.14. The molecule has 0 aliphatic heterocycles. The van der Waals surface area contributed by atoms with Gasteiger partial charge in [-0.2, -0.15) is 0 Å². The molecule has 5 heteroatoms. The third-order valence-corrected chi connectivity index (χ3v) is 2.98. The molecule has 4 nitrogen and oxygen atoms in total. The summed E-state index contributed by atoms with van der Waals surface area (Å²) in [6, 6.07) is 3.83. The number of hydrogen-bond acceptors (Lipinski definition) is 4. The van der Waals surface area contributed by atoms with Crippen LogP contribution in [0.1, 0.15) is 22.9 Å². The average Bonchev–Trinajstić information content (AvgIpc) is 2.75. The van der Waals surface area contributed by atoms with Crippen LogP contribution in [-0.2, 0) is 6.42 Å². The van der Waals surface area contributed by atoms with Gasteiger partial charge in [-0.05, 0) is 31.0 Å². The fourth-order valence-electron chi connectivity index (χ4n) is 1.71. The summed E-state index contributed by atoms with van der Waals surface area (Å²) in [6.45, 7) is 1.90. The first-order chi connectivity index (χ1) is 8.20. The zero-order valence-electron chi connectivity index (χ0n) is 9.48. The highest BCUT2D eigenvalue weighted by Crippen LogP contribution is 2.23. The molecular formula is C12H14ClN3O. The van der Waals surface area contributed by atoms with E-state index in [1.54, 1.807) is 18.7 Å². The van der Waals surface area contributed by atoms with Gasteiger partial charge in [-0.3, -0.25) is 16.3 Å². The van der Waals surface area contributed by atoms with Gasteiger partial charge in [-0.25, -0.2) is 0 Å². The fourth-order valence-corrected chi connectivity index (χ4v) is 1.91. The molecule has 0 aliphatic carbocycles. The standard InChI is InChI=1S/C12H14ClN3O/c1-8-4-10(7-17-8)12(16-14)5-9-2-3-15-6-11(9)13/h2-4,6-7,12,16H,5,14H2,1H3. The van der Waals surface area contributed by atoms with E-state index in [4.69, 9.17) is 21.9 Å². The molecule has 0 fully saturated rings. The summed E-state index contributed by atoms with van der Waals surface area (Å²) < 4.78 is 5.27. The second kappa shape index (κ2) is 5.31. The van der Waals surface area contributed by atoms with E-state index in [1.807, 2.05) is 19.1 Å². The van der Waals surface area contributed by atoms with Crippen LogP contribution in [0.3, 0.4) is 0 Å². The maximum absolute atomic E-state index is 6.06. The molecule has 0 spiro atoms. The highest BCUT2D eigenvalue weighted by atomic mass is 35.5. The van der Waals surface area contributed by atoms with Gasteiger partial charge in [0.2, 0.25) is 0 Å². The second-order valence-corrected chi connectivity index (χ2v) is 4.29. The van der Waals surface area contributed by atoms with Crippen LogP contribution in [-0.4, -0.2) is 4.98 Å². The van der Waals surface area contributed by atoms with Crippen LogP contribution in [0.2, 0.25) is 5.02 Å². The Kier molecular flexibility index (Phi) is 3.78. The molecule has 0 radical (unpaired) electrons. The summed E-state index contributed by atoms with van der Waals surface area (Å²) in [5.74, 6) is 6.42. The van der Waals surface area contributed by atoms with Gasteiger partial charge in [0.25, 0.3) is 0 Å². The van der Waals surface area contributed by atoms with Crippen molar-refractivity contribution in [3.8, 4) is 0 Å². The van der Waals surface area contributed by atoms with Gasteiger partial charge in [0, 0.05) is 18.0 Å². The van der Waals surface area contributed by atoms with Crippen molar-refractivity contribution >= 4 is 11.6 Å². The van der Waals surface area contributed by atoms with E-state index in [-0.39, 0.29) is 6.04 Å². The molecular weight excluding hydrogens is 238 g/mol. The molecule has 0 saturated carbocycles. The van der Waals surface area contributed by atoms with Gasteiger partial charge in [-0.15, -0.1) is 0 Å². The lowest BCUT2D eigenvalue weighted by molar-refractivity contribution is 0.511. The van der Waals surface area contributed by atoms with Crippen LogP contribution in [0, 0.1) is 6.92 Å². The lowest BCUT2D eigenvalue weighted by Crippen LogP contribution is -2.29. The number of aromatic nitrogens is 1. The zero-order valence-corrected chi connectivity index (χ0v) is 10.2. The molecule has 90 valence electrons. The van der Waals surface area contributed by atoms with E-state index in [9.17, 15) is 0 Å². The van der Waals surface area contributed by atoms with E-state index < -0.39 is 0 Å². The largest absolute Gasteiger partial charge is 0.469 e. The van der Waals surface area contributed by atoms with E-state index in [2.05, 4.69) is 10.4 Å². The predicted molar refractivity (Wildman–Crippen MR) is 66.5 cm³/mol. The predicted octanol–water partition coefficient (Wildman–Crippen LogP) is 2.38. The summed E-state index contributed by atoms with van der Waals surface area (Å²) in [5.41, 5.74) is 4.78. The average molecular weight is 252 g/mol. The molecule has 1 atom stereocenters. The number of rotatable bonds is 4. The third kappa shape index (κ3) is 2.85. The maximum atomic E-state index is 6.06. The maximum Gasteiger partial charge on any atom is 0.101 e. The number of pyridine rings is 1. The van der Waals surface area contributed by atoms with Gasteiger partial charge in [0.15, 0.2) is 0 Å². The number of nitrogens with zero attached hydrogens (tertiary/aromatic N) is 1. The minimum Gasteiger partial charge on any atom is -0.469 e. The summed E-state index contributed by atoms with van der Waals surface area (Å²) in [4.78, 5) is 3.95. The molecule has 2 aromatic heterocycles. The fraction of sp³-hybridized carbons (Fsp3) is 0.250. The summed E-state index contributed by atoms with van der Waals surface area (Å²) in [6.07, 6.45) is 5.74. The second-order valence-electron chi connectivity index (χ2n) is 3.88. The van der Waals surface area contributed by atoms with Crippen LogP contribution in [0.15, 0.2) is 35.2 Å². The summed E-state index contributed by atoms with van der Waals surface area (Å²) in [7, 11) is 0. The lowest BCUT2D eigenvalue weighted by atomic mass is 10.0. The molecule has 0 aromatic carbocycles. The summed E-state index contributed by atoms with van der Waals surface area (Å²) >= 11 is 6.06. The normalized spacial score (nSPS) is 12.6. The van der Waals surface area contributed by atoms with Crippen molar-refractivity contribution in [1.82, 2.24) is 10.4 Å². The molecule has 2 aromatic rings. The Balaban J connectivity index is 2.18. The molecule has 17 heavy (non-hydrogen) atoms.